The first-order valence-electron chi connectivity index (χ1n) is 11.0. The molecule has 0 bridgehead atoms. The number of thiazole rings is 1. The molecule has 0 aliphatic carbocycles. The molecular weight excluding hydrogens is 496 g/mol. The first kappa shape index (κ1) is 23.4. The molecule has 0 fully saturated rings. The number of hydrogen-bond acceptors (Lipinski definition) is 5. The monoisotopic (exact) mass is 516 g/mol. The highest BCUT2D eigenvalue weighted by Crippen LogP contribution is 2.34. The highest BCUT2D eigenvalue weighted by atomic mass is 35.5. The number of hydrogen-bond donors (Lipinski definition) is 2. The average molecular weight is 517 g/mol. The van der Waals surface area contributed by atoms with Gasteiger partial charge in [-0.15, -0.1) is 11.3 Å². The van der Waals surface area contributed by atoms with Gasteiger partial charge in [0, 0.05) is 27.1 Å². The van der Waals surface area contributed by atoms with Crippen LogP contribution in [-0.4, -0.2) is 26.1 Å². The quantitative estimate of drug-likeness (QED) is 0.218. The van der Waals surface area contributed by atoms with Crippen molar-refractivity contribution in [1.29, 1.82) is 0 Å². The van der Waals surface area contributed by atoms with Gasteiger partial charge in [-0.1, -0.05) is 102 Å². The Morgan fingerprint density at radius 2 is 1.60 bits per heavy atom. The molecule has 35 heavy (non-hydrogen) atoms. The molecule has 5 aromatic rings. The van der Waals surface area contributed by atoms with Gasteiger partial charge in [-0.2, -0.15) is 0 Å². The lowest BCUT2D eigenvalue weighted by Crippen LogP contribution is -2.22. The van der Waals surface area contributed by atoms with Gasteiger partial charge in [-0.3, -0.25) is 4.79 Å². The maximum Gasteiger partial charge on any atom is 0.239 e. The van der Waals surface area contributed by atoms with E-state index in [0.717, 1.165) is 33.8 Å². The summed E-state index contributed by atoms with van der Waals surface area (Å²) >= 11 is 9.03. The summed E-state index contributed by atoms with van der Waals surface area (Å²) in [6.45, 7) is 1.86. The highest BCUT2D eigenvalue weighted by Gasteiger charge is 2.21. The fraction of sp³-hybridized carbons (Fsp3) is 0.0741. The molecule has 0 saturated carbocycles. The van der Waals surface area contributed by atoms with E-state index in [4.69, 9.17) is 16.6 Å². The van der Waals surface area contributed by atoms with Gasteiger partial charge < -0.3 is 10.3 Å². The van der Waals surface area contributed by atoms with Crippen molar-refractivity contribution >= 4 is 45.7 Å². The van der Waals surface area contributed by atoms with Crippen LogP contribution in [0.1, 0.15) is 6.92 Å². The van der Waals surface area contributed by atoms with Crippen LogP contribution in [0.4, 0.5) is 5.13 Å². The zero-order valence-electron chi connectivity index (χ0n) is 18.7. The fourth-order valence-electron chi connectivity index (χ4n) is 3.58. The number of thioether (sulfide) groups is 1. The fourth-order valence-corrected chi connectivity index (χ4v) is 5.33. The lowest BCUT2D eigenvalue weighted by atomic mass is 10.1. The number of rotatable bonds is 7. The number of benzene rings is 3. The van der Waals surface area contributed by atoms with E-state index in [-0.39, 0.29) is 11.2 Å². The van der Waals surface area contributed by atoms with Gasteiger partial charge in [0.15, 0.2) is 10.3 Å². The van der Waals surface area contributed by atoms with Gasteiger partial charge in [0.25, 0.3) is 0 Å². The smallest absolute Gasteiger partial charge is 0.239 e. The second-order valence-corrected chi connectivity index (χ2v) is 10.4. The van der Waals surface area contributed by atoms with Crippen LogP contribution >= 0.6 is 34.7 Å². The predicted octanol–water partition coefficient (Wildman–Crippen LogP) is 7.64. The van der Waals surface area contributed by atoms with Gasteiger partial charge >= 0.3 is 0 Å². The summed E-state index contributed by atoms with van der Waals surface area (Å²) in [5.74, 6) is -0.144. The van der Waals surface area contributed by atoms with Crippen molar-refractivity contribution in [3.8, 4) is 33.8 Å². The standard InChI is InChI=1S/C27H21ClN4OS2/c1-17(25(33)32-26-29-22(16-34-26)20-14-8-9-15-21(20)28)35-27-30-23(18-10-4-2-5-11-18)24(31-27)19-12-6-3-7-13-19/h2-17H,1H3,(H,30,31)(H,29,32,33). The number of imidazole rings is 1. The molecule has 2 N–H and O–H groups in total. The second kappa shape index (κ2) is 10.5. The highest BCUT2D eigenvalue weighted by molar-refractivity contribution is 8.00. The summed E-state index contributed by atoms with van der Waals surface area (Å²) in [5, 5.41) is 6.26. The lowest BCUT2D eigenvalue weighted by molar-refractivity contribution is -0.115. The number of nitrogens with zero attached hydrogens (tertiary/aromatic N) is 2. The van der Waals surface area contributed by atoms with Crippen molar-refractivity contribution in [2.24, 2.45) is 0 Å². The lowest BCUT2D eigenvalue weighted by Gasteiger charge is -2.08. The molecule has 0 aliphatic heterocycles. The third-order valence-corrected chi connectivity index (χ3v) is 7.41. The van der Waals surface area contributed by atoms with Gasteiger partial charge in [-0.05, 0) is 13.0 Å². The summed E-state index contributed by atoms with van der Waals surface area (Å²) in [6, 6.07) is 27.6. The van der Waals surface area contributed by atoms with Crippen molar-refractivity contribution in [3.63, 3.8) is 0 Å². The maximum absolute atomic E-state index is 12.9. The minimum Gasteiger partial charge on any atom is -0.332 e. The summed E-state index contributed by atoms with van der Waals surface area (Å²) in [6.07, 6.45) is 0. The average Bonchev–Trinajstić information content (AvgIpc) is 3.53. The Balaban J connectivity index is 1.33. The van der Waals surface area contributed by atoms with Crippen molar-refractivity contribution < 1.29 is 4.79 Å². The summed E-state index contributed by atoms with van der Waals surface area (Å²) in [4.78, 5) is 25.7. The van der Waals surface area contributed by atoms with E-state index in [0.29, 0.717) is 15.3 Å². The molecule has 1 amide bonds. The number of aromatic nitrogens is 3. The van der Waals surface area contributed by atoms with Crippen LogP contribution in [0.15, 0.2) is 95.5 Å². The van der Waals surface area contributed by atoms with E-state index in [1.165, 1.54) is 23.1 Å². The molecule has 1 unspecified atom stereocenters. The molecule has 8 heteroatoms. The van der Waals surface area contributed by atoms with E-state index < -0.39 is 0 Å². The van der Waals surface area contributed by atoms with Crippen LogP contribution < -0.4 is 5.32 Å². The molecule has 5 nitrogen and oxygen atoms in total. The van der Waals surface area contributed by atoms with Gasteiger partial charge in [0.1, 0.15) is 0 Å². The Kier molecular flexibility index (Phi) is 6.99. The molecule has 5 rings (SSSR count). The topological polar surface area (TPSA) is 70.7 Å². The summed E-state index contributed by atoms with van der Waals surface area (Å²) < 4.78 is 0. The Morgan fingerprint density at radius 3 is 2.31 bits per heavy atom. The summed E-state index contributed by atoms with van der Waals surface area (Å²) in [7, 11) is 0. The Morgan fingerprint density at radius 1 is 0.943 bits per heavy atom. The molecule has 2 heterocycles. The Labute approximate surface area is 216 Å². The third-order valence-electron chi connectivity index (χ3n) is 5.33. The molecular formula is C27H21ClN4OS2. The molecule has 2 aromatic heterocycles. The minimum absolute atomic E-state index is 0.144. The zero-order chi connectivity index (χ0) is 24.2. The van der Waals surface area contributed by atoms with E-state index >= 15 is 0 Å². The van der Waals surface area contributed by atoms with Crippen molar-refractivity contribution in [3.05, 3.63) is 95.3 Å². The Hall–Kier alpha value is -3.39. The first-order valence-corrected chi connectivity index (χ1v) is 13.1. The predicted molar refractivity (Wildman–Crippen MR) is 146 cm³/mol. The van der Waals surface area contributed by atoms with E-state index in [2.05, 4.69) is 15.3 Å². The van der Waals surface area contributed by atoms with Crippen molar-refractivity contribution in [2.45, 2.75) is 17.3 Å². The minimum atomic E-state index is -0.388. The van der Waals surface area contributed by atoms with Crippen LogP contribution in [0.3, 0.4) is 0 Å². The van der Waals surface area contributed by atoms with Gasteiger partial charge in [0.05, 0.1) is 22.3 Å². The number of aromatic amines is 1. The molecule has 0 spiro atoms. The van der Waals surface area contributed by atoms with Crippen LogP contribution in [0, 0.1) is 0 Å². The van der Waals surface area contributed by atoms with Gasteiger partial charge in [-0.25, -0.2) is 9.97 Å². The largest absolute Gasteiger partial charge is 0.332 e. The van der Waals surface area contributed by atoms with E-state index in [1.54, 1.807) is 0 Å². The van der Waals surface area contributed by atoms with Crippen LogP contribution in [0.5, 0.6) is 0 Å². The normalized spacial score (nSPS) is 11.8. The number of halogens is 1. The zero-order valence-corrected chi connectivity index (χ0v) is 21.1. The SMILES string of the molecule is CC(Sc1nc(-c2ccccc2)c(-c2ccccc2)[nH]1)C(=O)Nc1nc(-c2ccccc2Cl)cs1. The molecule has 0 saturated heterocycles. The van der Waals surface area contributed by atoms with Gasteiger partial charge in [0.2, 0.25) is 5.91 Å². The molecule has 174 valence electrons. The summed E-state index contributed by atoms with van der Waals surface area (Å²) in [5.41, 5.74) is 5.42. The number of carbonyl (C=O) groups is 1. The number of amides is 1. The van der Waals surface area contributed by atoms with Crippen LogP contribution in [0.25, 0.3) is 33.8 Å². The van der Waals surface area contributed by atoms with E-state index in [1.807, 2.05) is 97.2 Å². The van der Waals surface area contributed by atoms with Crippen molar-refractivity contribution in [2.75, 3.05) is 5.32 Å². The van der Waals surface area contributed by atoms with Crippen LogP contribution in [0.2, 0.25) is 5.02 Å². The second-order valence-electron chi connectivity index (χ2n) is 7.76. The van der Waals surface area contributed by atoms with Crippen molar-refractivity contribution in [1.82, 2.24) is 15.0 Å². The third kappa shape index (κ3) is 5.32. The number of nitrogens with one attached hydrogen (secondary N) is 2. The number of carbonyl (C=O) groups excluding carboxylic acids is 1. The Bertz CT molecular complexity index is 1390. The molecule has 3 aromatic carbocycles. The molecule has 0 radical (unpaired) electrons. The first-order chi connectivity index (χ1) is 17.1. The molecule has 1 atom stereocenters. The van der Waals surface area contributed by atoms with Crippen LogP contribution in [-0.2, 0) is 4.79 Å². The van der Waals surface area contributed by atoms with E-state index in [9.17, 15) is 4.79 Å². The maximum atomic E-state index is 12.9. The molecule has 0 aliphatic rings. The number of H-pyrrole nitrogens is 1. The number of anilines is 1.